The summed E-state index contributed by atoms with van der Waals surface area (Å²) in [6, 6.07) is 22.9. The molecule has 1 aliphatic heterocycles. The highest BCUT2D eigenvalue weighted by Crippen LogP contribution is 2.30. The number of carbonyl (C=O) groups is 3. The number of nitrogens with zero attached hydrogens (tertiary/aromatic N) is 1. The first kappa shape index (κ1) is 26.9. The van der Waals surface area contributed by atoms with Gasteiger partial charge in [0.15, 0.2) is 0 Å². The molecular weight excluding hydrogens is 478 g/mol. The van der Waals surface area contributed by atoms with Gasteiger partial charge in [-0.2, -0.15) is 0 Å². The maximum absolute atomic E-state index is 13.4. The molecule has 7 heteroatoms. The number of rotatable bonds is 9. The minimum Gasteiger partial charge on any atom is -0.466 e. The van der Waals surface area contributed by atoms with Crippen LogP contribution in [0.1, 0.15) is 54.4 Å². The highest BCUT2D eigenvalue weighted by atomic mass is 16.5. The first-order chi connectivity index (χ1) is 18.4. The van der Waals surface area contributed by atoms with Crippen LogP contribution in [0.2, 0.25) is 0 Å². The number of hydrogen-bond acceptors (Lipinski definition) is 4. The van der Waals surface area contributed by atoms with Crippen LogP contribution in [-0.2, 0) is 27.3 Å². The first-order valence-electron chi connectivity index (χ1n) is 13.2. The number of benzene rings is 3. The van der Waals surface area contributed by atoms with E-state index < -0.39 is 0 Å². The second-order valence-corrected chi connectivity index (χ2v) is 9.60. The predicted octanol–water partition coefficient (Wildman–Crippen LogP) is 6.04. The van der Waals surface area contributed by atoms with Crippen LogP contribution < -0.4 is 10.6 Å². The van der Waals surface area contributed by atoms with Gasteiger partial charge in [-0.25, -0.2) is 4.79 Å². The molecule has 0 spiro atoms. The van der Waals surface area contributed by atoms with Crippen LogP contribution in [0, 0.1) is 6.92 Å². The van der Waals surface area contributed by atoms with Crippen LogP contribution in [0.3, 0.4) is 0 Å². The zero-order valence-corrected chi connectivity index (χ0v) is 22.0. The number of likely N-dealkylation sites (tertiary alicyclic amines) is 1. The lowest BCUT2D eigenvalue weighted by Gasteiger charge is -2.33. The summed E-state index contributed by atoms with van der Waals surface area (Å²) in [6.45, 7) is 5.40. The summed E-state index contributed by atoms with van der Waals surface area (Å²) >= 11 is 0. The lowest BCUT2D eigenvalue weighted by atomic mass is 9.89. The summed E-state index contributed by atoms with van der Waals surface area (Å²) in [7, 11) is 0. The van der Waals surface area contributed by atoms with E-state index in [1.807, 2.05) is 78.6 Å². The molecule has 2 N–H and O–H groups in total. The number of urea groups is 1. The molecule has 1 saturated heterocycles. The SMILES string of the molecule is CCOC(=O)CCc1cccc(CN2CCCC(c3ccc(NC(=O)Nc4ccccc4C)cc3)C2=O)c1. The van der Waals surface area contributed by atoms with E-state index in [1.54, 1.807) is 6.92 Å². The fourth-order valence-corrected chi connectivity index (χ4v) is 4.79. The molecule has 0 bridgehead atoms. The highest BCUT2D eigenvalue weighted by molar-refractivity contribution is 6.00. The molecule has 1 unspecified atom stereocenters. The molecule has 1 fully saturated rings. The average molecular weight is 514 g/mol. The van der Waals surface area contributed by atoms with E-state index in [0.29, 0.717) is 31.7 Å². The fraction of sp³-hybridized carbons (Fsp3) is 0.323. The van der Waals surface area contributed by atoms with Crippen molar-refractivity contribution in [3.8, 4) is 0 Å². The van der Waals surface area contributed by atoms with E-state index in [9.17, 15) is 14.4 Å². The second kappa shape index (κ2) is 12.9. The van der Waals surface area contributed by atoms with Crippen molar-refractivity contribution < 1.29 is 19.1 Å². The van der Waals surface area contributed by atoms with Gasteiger partial charge in [-0.1, -0.05) is 54.6 Å². The molecule has 198 valence electrons. The Bertz CT molecular complexity index is 1270. The smallest absolute Gasteiger partial charge is 0.323 e. The van der Waals surface area contributed by atoms with Gasteiger partial charge in [0.2, 0.25) is 5.91 Å². The van der Waals surface area contributed by atoms with E-state index in [0.717, 1.165) is 47.3 Å². The molecule has 3 amide bonds. The standard InChI is InChI=1S/C31H35N3O4/c1-3-38-29(35)18-13-23-9-6-10-24(20-23)21-34-19-7-11-27(30(34)36)25-14-16-26(17-15-25)32-31(37)33-28-12-5-4-8-22(28)2/h4-6,8-10,12,14-17,20,27H,3,7,11,13,18-19,21H2,1-2H3,(H2,32,33,37). The molecule has 0 saturated carbocycles. The number of aryl methyl sites for hydroxylation is 2. The number of esters is 1. The maximum atomic E-state index is 13.4. The largest absolute Gasteiger partial charge is 0.466 e. The Labute approximate surface area is 224 Å². The summed E-state index contributed by atoms with van der Waals surface area (Å²) in [4.78, 5) is 39.4. The molecule has 3 aromatic rings. The molecular formula is C31H35N3O4. The van der Waals surface area contributed by atoms with Gasteiger partial charge in [0.1, 0.15) is 0 Å². The van der Waals surface area contributed by atoms with E-state index >= 15 is 0 Å². The maximum Gasteiger partial charge on any atom is 0.323 e. The van der Waals surface area contributed by atoms with Crippen molar-refractivity contribution in [3.63, 3.8) is 0 Å². The number of piperidine rings is 1. The quantitative estimate of drug-likeness (QED) is 0.342. The van der Waals surface area contributed by atoms with E-state index in [2.05, 4.69) is 16.7 Å². The van der Waals surface area contributed by atoms with Crippen molar-refractivity contribution in [2.24, 2.45) is 0 Å². The predicted molar refractivity (Wildman–Crippen MR) is 149 cm³/mol. The number of nitrogens with one attached hydrogen (secondary N) is 2. The summed E-state index contributed by atoms with van der Waals surface area (Å²) in [5.41, 5.74) is 5.49. The summed E-state index contributed by atoms with van der Waals surface area (Å²) < 4.78 is 5.02. The molecule has 38 heavy (non-hydrogen) atoms. The number of hydrogen-bond donors (Lipinski definition) is 2. The summed E-state index contributed by atoms with van der Waals surface area (Å²) in [5, 5.41) is 5.72. The molecule has 0 aliphatic carbocycles. The van der Waals surface area contributed by atoms with Gasteiger partial charge in [0.25, 0.3) is 0 Å². The van der Waals surface area contributed by atoms with Gasteiger partial charge < -0.3 is 20.3 Å². The number of para-hydroxylation sites is 1. The molecule has 1 atom stereocenters. The van der Waals surface area contributed by atoms with Crippen molar-refractivity contribution in [2.45, 2.75) is 52.0 Å². The van der Waals surface area contributed by atoms with Gasteiger partial charge in [0, 0.05) is 30.9 Å². The van der Waals surface area contributed by atoms with Crippen molar-refractivity contribution in [3.05, 3.63) is 95.1 Å². The second-order valence-electron chi connectivity index (χ2n) is 9.60. The topological polar surface area (TPSA) is 87.7 Å². The van der Waals surface area contributed by atoms with Gasteiger partial charge >= 0.3 is 12.0 Å². The third-order valence-corrected chi connectivity index (χ3v) is 6.78. The minimum atomic E-state index is -0.309. The first-order valence-corrected chi connectivity index (χ1v) is 13.2. The number of anilines is 2. The highest BCUT2D eigenvalue weighted by Gasteiger charge is 2.30. The fourth-order valence-electron chi connectivity index (χ4n) is 4.79. The summed E-state index contributed by atoms with van der Waals surface area (Å²) in [5.74, 6) is -0.281. The number of carbonyl (C=O) groups excluding carboxylic acids is 3. The average Bonchev–Trinajstić information content (AvgIpc) is 2.91. The number of amides is 3. The van der Waals surface area contributed by atoms with Gasteiger partial charge in [-0.05, 0) is 73.6 Å². The Morgan fingerprint density at radius 3 is 2.50 bits per heavy atom. The lowest BCUT2D eigenvalue weighted by Crippen LogP contribution is -2.39. The molecule has 1 heterocycles. The van der Waals surface area contributed by atoms with Gasteiger partial charge in [-0.3, -0.25) is 9.59 Å². The summed E-state index contributed by atoms with van der Waals surface area (Å²) in [6.07, 6.45) is 2.69. The van der Waals surface area contributed by atoms with Crippen LogP contribution in [0.15, 0.2) is 72.8 Å². The zero-order valence-electron chi connectivity index (χ0n) is 22.0. The Morgan fingerprint density at radius 2 is 1.74 bits per heavy atom. The van der Waals surface area contributed by atoms with Crippen molar-refractivity contribution in [1.29, 1.82) is 0 Å². The molecule has 0 aromatic heterocycles. The van der Waals surface area contributed by atoms with Crippen molar-refractivity contribution in [1.82, 2.24) is 4.90 Å². The third-order valence-electron chi connectivity index (χ3n) is 6.78. The minimum absolute atomic E-state index is 0.117. The Balaban J connectivity index is 1.34. The van der Waals surface area contributed by atoms with Gasteiger partial charge in [0.05, 0.1) is 12.5 Å². The molecule has 7 nitrogen and oxygen atoms in total. The Kier molecular flexibility index (Phi) is 9.14. The van der Waals surface area contributed by atoms with Crippen LogP contribution in [0.5, 0.6) is 0 Å². The van der Waals surface area contributed by atoms with Crippen LogP contribution in [0.4, 0.5) is 16.2 Å². The van der Waals surface area contributed by atoms with E-state index in [1.165, 1.54) is 0 Å². The van der Waals surface area contributed by atoms with Crippen LogP contribution >= 0.6 is 0 Å². The van der Waals surface area contributed by atoms with E-state index in [-0.39, 0.29) is 23.8 Å². The normalized spacial score (nSPS) is 15.2. The Morgan fingerprint density at radius 1 is 0.974 bits per heavy atom. The molecule has 4 rings (SSSR count). The van der Waals surface area contributed by atoms with Crippen LogP contribution in [-0.4, -0.2) is 36.0 Å². The van der Waals surface area contributed by atoms with Crippen molar-refractivity contribution in [2.75, 3.05) is 23.8 Å². The Hall–Kier alpha value is -4.13. The zero-order chi connectivity index (χ0) is 26.9. The molecule has 1 aliphatic rings. The number of ether oxygens (including phenoxy) is 1. The van der Waals surface area contributed by atoms with Crippen molar-refractivity contribution >= 4 is 29.3 Å². The van der Waals surface area contributed by atoms with Crippen LogP contribution in [0.25, 0.3) is 0 Å². The third kappa shape index (κ3) is 7.22. The molecule has 0 radical (unpaired) electrons. The monoisotopic (exact) mass is 513 g/mol. The lowest BCUT2D eigenvalue weighted by molar-refractivity contribution is -0.143. The molecule has 3 aromatic carbocycles. The van der Waals surface area contributed by atoms with Gasteiger partial charge in [-0.15, -0.1) is 0 Å². The van der Waals surface area contributed by atoms with E-state index in [4.69, 9.17) is 4.74 Å².